The van der Waals surface area contributed by atoms with Crippen LogP contribution in [0.2, 0.25) is 0 Å². The molecule has 0 fully saturated rings. The van der Waals surface area contributed by atoms with E-state index in [0.717, 1.165) is 116 Å². The number of carbonyl (C=O) groups is 3. The molecule has 0 aliphatic rings. The van der Waals surface area contributed by atoms with Crippen molar-refractivity contribution in [3.8, 4) is 0 Å². The van der Waals surface area contributed by atoms with Crippen LogP contribution in [-0.2, 0) is 33.3 Å². The first-order valence-electron chi connectivity index (χ1n) is 37.3. The van der Waals surface area contributed by atoms with Gasteiger partial charge in [0.2, 0.25) is 0 Å². The molecule has 520 valence electrons. The molecule has 0 saturated heterocycles. The lowest BCUT2D eigenvalue weighted by Gasteiger charge is -2.25. The Hall–Kier alpha value is -4.57. The van der Waals surface area contributed by atoms with Gasteiger partial charge in [-0.05, 0) is 109 Å². The van der Waals surface area contributed by atoms with E-state index in [1.54, 1.807) is 0 Å². The highest BCUT2D eigenvalue weighted by atomic mass is 16.7. The van der Waals surface area contributed by atoms with Crippen LogP contribution in [0.1, 0.15) is 309 Å². The molecule has 2 atom stereocenters. The van der Waals surface area contributed by atoms with Crippen LogP contribution in [-0.4, -0.2) is 87.4 Å². The van der Waals surface area contributed by atoms with Crippen LogP contribution in [0.25, 0.3) is 0 Å². The van der Waals surface area contributed by atoms with Crippen molar-refractivity contribution in [2.24, 2.45) is 0 Å². The van der Waals surface area contributed by atoms with Crippen LogP contribution in [0.3, 0.4) is 0 Å². The Labute approximate surface area is 560 Å². The maximum atomic E-state index is 13.0. The number of nitrogens with zero attached hydrogens (tertiary/aromatic N) is 1. The molecule has 0 amide bonds. The van der Waals surface area contributed by atoms with Crippen molar-refractivity contribution < 1.29 is 42.9 Å². The van der Waals surface area contributed by atoms with E-state index >= 15 is 0 Å². The number of carbonyl (C=O) groups excluding carboxylic acids is 2. The minimum atomic E-state index is -1.52. The van der Waals surface area contributed by atoms with Crippen molar-refractivity contribution in [1.29, 1.82) is 0 Å². The van der Waals surface area contributed by atoms with Crippen LogP contribution in [0.5, 0.6) is 0 Å². The fraction of sp³-hybridized carbons (Fsp3) is 0.695. The third-order valence-corrected chi connectivity index (χ3v) is 15.9. The lowest BCUT2D eigenvalue weighted by Crippen LogP contribution is -2.40. The van der Waals surface area contributed by atoms with Gasteiger partial charge in [0.25, 0.3) is 6.29 Å². The van der Waals surface area contributed by atoms with Crippen LogP contribution < -0.4 is 0 Å². The van der Waals surface area contributed by atoms with Crippen molar-refractivity contribution in [1.82, 2.24) is 0 Å². The molecule has 0 aromatic heterocycles. The summed E-state index contributed by atoms with van der Waals surface area (Å²) in [7, 11) is 5.98. The first-order chi connectivity index (χ1) is 44.6. The van der Waals surface area contributed by atoms with E-state index < -0.39 is 24.3 Å². The Morgan fingerprint density at radius 3 is 0.879 bits per heavy atom. The zero-order valence-corrected chi connectivity index (χ0v) is 59.5. The molecule has 0 aliphatic carbocycles. The number of allylic oxidation sites excluding steroid dienone is 22. The third kappa shape index (κ3) is 72.7. The Morgan fingerprint density at radius 2 is 0.593 bits per heavy atom. The van der Waals surface area contributed by atoms with E-state index in [-0.39, 0.29) is 32.2 Å². The normalized spacial score (nSPS) is 13.5. The second-order valence-electron chi connectivity index (χ2n) is 25.8. The van der Waals surface area contributed by atoms with Crippen LogP contribution in [0.4, 0.5) is 0 Å². The number of unbranched alkanes of at least 4 members (excludes halogenated alkanes) is 31. The number of hydrogen-bond acceptors (Lipinski definition) is 7. The van der Waals surface area contributed by atoms with Crippen LogP contribution in [0.15, 0.2) is 134 Å². The molecule has 0 radical (unpaired) electrons. The summed E-state index contributed by atoms with van der Waals surface area (Å²) in [6, 6.07) is 0. The number of carboxylic acids is 1. The number of likely N-dealkylation sites (N-methyl/N-ethyl adjacent to an activating group) is 1. The maximum absolute atomic E-state index is 13.0. The molecular formula is C82H140NO8+. The van der Waals surface area contributed by atoms with Gasteiger partial charge in [0.15, 0.2) is 6.10 Å². The van der Waals surface area contributed by atoms with Gasteiger partial charge in [-0.25, -0.2) is 4.79 Å². The molecule has 0 heterocycles. The monoisotopic (exact) mass is 1270 g/mol. The third-order valence-electron chi connectivity index (χ3n) is 15.9. The minimum absolute atomic E-state index is 0.183. The predicted molar refractivity (Wildman–Crippen MR) is 391 cm³/mol. The average Bonchev–Trinajstić information content (AvgIpc) is 3.66. The summed E-state index contributed by atoms with van der Waals surface area (Å²) in [6.07, 6.45) is 100. The van der Waals surface area contributed by atoms with Gasteiger partial charge in [-0.15, -0.1) is 0 Å². The van der Waals surface area contributed by atoms with Gasteiger partial charge >= 0.3 is 17.9 Å². The fourth-order valence-electron chi connectivity index (χ4n) is 10.3. The van der Waals surface area contributed by atoms with Gasteiger partial charge in [-0.2, -0.15) is 0 Å². The van der Waals surface area contributed by atoms with E-state index in [9.17, 15) is 19.5 Å². The quantitative estimate of drug-likeness (QED) is 0.0211. The van der Waals surface area contributed by atoms with Crippen LogP contribution >= 0.6 is 0 Å². The van der Waals surface area contributed by atoms with Crippen molar-refractivity contribution in [2.45, 2.75) is 322 Å². The van der Waals surface area contributed by atoms with Crippen molar-refractivity contribution in [2.75, 3.05) is 47.5 Å². The largest absolute Gasteiger partial charge is 0.477 e. The van der Waals surface area contributed by atoms with Gasteiger partial charge in [0.05, 0.1) is 34.4 Å². The Balaban J connectivity index is 4.07. The molecule has 0 aliphatic heterocycles. The summed E-state index contributed by atoms with van der Waals surface area (Å²) in [4.78, 5) is 37.7. The summed E-state index contributed by atoms with van der Waals surface area (Å²) in [5.74, 6) is -2.01. The molecule has 0 aromatic carbocycles. The zero-order chi connectivity index (χ0) is 66.1. The van der Waals surface area contributed by atoms with Gasteiger partial charge in [-0.1, -0.05) is 321 Å². The number of esters is 2. The smallest absolute Gasteiger partial charge is 0.361 e. The Bertz CT molecular complexity index is 1960. The van der Waals surface area contributed by atoms with E-state index in [0.29, 0.717) is 23.9 Å². The van der Waals surface area contributed by atoms with Gasteiger partial charge < -0.3 is 28.5 Å². The van der Waals surface area contributed by atoms with Crippen molar-refractivity contribution in [3.63, 3.8) is 0 Å². The number of ether oxygens (including phenoxy) is 4. The van der Waals surface area contributed by atoms with Crippen molar-refractivity contribution >= 4 is 17.9 Å². The molecular weight excluding hydrogens is 1130 g/mol. The number of hydrogen-bond donors (Lipinski definition) is 1. The van der Waals surface area contributed by atoms with E-state index in [4.69, 9.17) is 18.9 Å². The first kappa shape index (κ1) is 86.4. The van der Waals surface area contributed by atoms with Gasteiger partial charge in [0.1, 0.15) is 13.2 Å². The number of carboxylic acid groups (broad SMARTS) is 1. The van der Waals surface area contributed by atoms with E-state index in [2.05, 4.69) is 148 Å². The van der Waals surface area contributed by atoms with E-state index in [1.807, 2.05) is 21.1 Å². The molecule has 0 spiro atoms. The highest BCUT2D eigenvalue weighted by Gasteiger charge is 2.25. The number of quaternary nitrogens is 1. The first-order valence-corrected chi connectivity index (χ1v) is 37.3. The Kier molecular flexibility index (Phi) is 67.7. The predicted octanol–water partition coefficient (Wildman–Crippen LogP) is 23.7. The maximum Gasteiger partial charge on any atom is 0.361 e. The lowest BCUT2D eigenvalue weighted by molar-refractivity contribution is -0.870. The summed E-state index contributed by atoms with van der Waals surface area (Å²) in [5.41, 5.74) is 0. The van der Waals surface area contributed by atoms with Gasteiger partial charge in [-0.3, -0.25) is 9.59 Å². The Morgan fingerprint density at radius 1 is 0.330 bits per heavy atom. The van der Waals surface area contributed by atoms with Crippen molar-refractivity contribution in [3.05, 3.63) is 134 Å². The zero-order valence-electron chi connectivity index (χ0n) is 59.5. The highest BCUT2D eigenvalue weighted by Crippen LogP contribution is 2.18. The standard InChI is InChI=1S/C82H139NO8/c1-6-8-10-12-14-16-18-20-22-24-26-28-30-32-34-36-37-38-39-40-41-42-43-45-46-48-50-52-54-56-58-60-62-64-66-68-70-72-79(84)89-76-78(77-90-82(81(86)87)88-75-74-83(3,4)5)91-80(85)73-71-69-67-65-63-61-59-57-55-53-51-49-47-44-35-33-31-29-27-25-23-21-19-17-15-13-11-9-7-2/h8-11,14-17,20-23,26-29,32-35,47,49,78,82H,6-7,12-13,18-19,24-25,30-31,36-46,48,50-77H2,1-5H3/p+1/b10-8-,11-9-,16-14-,17-15-,22-20-,23-21-,28-26-,29-27-,34-32-,35-33-,49-47-. The minimum Gasteiger partial charge on any atom is -0.477 e. The molecule has 0 aromatic rings. The van der Waals surface area contributed by atoms with E-state index in [1.165, 1.54) is 161 Å². The summed E-state index contributed by atoms with van der Waals surface area (Å²) in [6.45, 7) is 4.66. The summed E-state index contributed by atoms with van der Waals surface area (Å²) >= 11 is 0. The molecule has 0 rings (SSSR count). The molecule has 9 heteroatoms. The number of rotatable bonds is 68. The molecule has 0 saturated carbocycles. The van der Waals surface area contributed by atoms with Crippen LogP contribution in [0, 0.1) is 0 Å². The lowest BCUT2D eigenvalue weighted by atomic mass is 10.0. The second-order valence-corrected chi connectivity index (χ2v) is 25.8. The summed E-state index contributed by atoms with van der Waals surface area (Å²) in [5, 5.41) is 9.76. The molecule has 91 heavy (non-hydrogen) atoms. The SMILES string of the molecule is CC/C=C\C/C=C\C/C=C\C/C=C\C/C=C\C/C=C\CCCCCCCCCCCCC(=O)OC(COC(=O)CCCCCCCCCCCCCCCCCCCCCCC/C=C\C/C=C\C/C=C\C/C=C\C/C=C\CC)COC(OCC[N+](C)(C)C)C(=O)O. The molecule has 2 unspecified atom stereocenters. The molecule has 0 bridgehead atoms. The second kappa shape index (κ2) is 71.3. The summed E-state index contributed by atoms with van der Waals surface area (Å²) < 4.78 is 23.0. The molecule has 9 nitrogen and oxygen atoms in total. The number of aliphatic carboxylic acids is 1. The highest BCUT2D eigenvalue weighted by molar-refractivity contribution is 5.71. The molecule has 1 N–H and O–H groups in total. The van der Waals surface area contributed by atoms with Gasteiger partial charge in [0, 0.05) is 12.8 Å². The fourth-order valence-corrected chi connectivity index (χ4v) is 10.3. The average molecular weight is 1270 g/mol. The topological polar surface area (TPSA) is 108 Å².